The van der Waals surface area contributed by atoms with Crippen LogP contribution in [0, 0.1) is 13.7 Å². The number of esters is 1. The SMILES string of the molecule is [CH2-]C(=O)O[CH-]O.[Y]. The van der Waals surface area contributed by atoms with Crippen molar-refractivity contribution < 1.29 is 47.3 Å². The Bertz CT molecular complexity index is 54.1. The van der Waals surface area contributed by atoms with Gasteiger partial charge in [0.25, 0.3) is 0 Å². The molecule has 1 radical (unpaired) electrons. The maximum Gasteiger partial charge on any atom is 0.133 e. The molecule has 3 nitrogen and oxygen atoms in total. The van der Waals surface area contributed by atoms with Crippen LogP contribution in [-0.2, 0) is 42.2 Å². The van der Waals surface area contributed by atoms with E-state index in [0.717, 1.165) is 0 Å². The molecule has 0 spiro atoms. The second-order valence-corrected chi connectivity index (χ2v) is 0.595. The van der Waals surface area contributed by atoms with Gasteiger partial charge in [0.2, 0.25) is 0 Å². The predicted octanol–water partition coefficient (Wildman–Crippen LogP) is -0.147. The number of rotatable bonds is 1. The van der Waals surface area contributed by atoms with Crippen LogP contribution in [0.25, 0.3) is 0 Å². The molecule has 4 heteroatoms. The number of carbonyl (C=O) groups is 1. The molecule has 0 rings (SSSR count). The first-order chi connectivity index (χ1) is 2.77. The second kappa shape index (κ2) is 6.40. The van der Waals surface area contributed by atoms with Gasteiger partial charge in [-0.15, -0.1) is 0 Å². The summed E-state index contributed by atoms with van der Waals surface area (Å²) in [5.41, 5.74) is 0. The third-order valence-corrected chi connectivity index (χ3v) is 0.184. The van der Waals surface area contributed by atoms with Gasteiger partial charge in [-0.25, -0.2) is 0 Å². The van der Waals surface area contributed by atoms with Gasteiger partial charge in [-0.05, 0) is 6.79 Å². The van der Waals surface area contributed by atoms with Gasteiger partial charge in [-0.2, -0.15) is 0 Å². The first-order valence-electron chi connectivity index (χ1n) is 1.26. The minimum absolute atomic E-state index is 0. The van der Waals surface area contributed by atoms with Crippen LogP contribution in [-0.4, -0.2) is 11.1 Å². The molecular formula is C3H4O3Y-2. The Morgan fingerprint density at radius 2 is 2.29 bits per heavy atom. The Kier molecular flexibility index (Phi) is 9.51. The Morgan fingerprint density at radius 1 is 1.86 bits per heavy atom. The van der Waals surface area contributed by atoms with E-state index in [1.807, 2.05) is 0 Å². The number of hydrogen-bond acceptors (Lipinski definition) is 3. The summed E-state index contributed by atoms with van der Waals surface area (Å²) >= 11 is 0. The Balaban J connectivity index is 0. The summed E-state index contributed by atoms with van der Waals surface area (Å²) in [6.07, 6.45) is 0. The maximum absolute atomic E-state index is 9.52. The van der Waals surface area contributed by atoms with Gasteiger partial charge >= 0.3 is 0 Å². The molecule has 0 aliphatic carbocycles. The van der Waals surface area contributed by atoms with Crippen LogP contribution in [0.3, 0.4) is 0 Å². The van der Waals surface area contributed by atoms with Crippen LogP contribution in [0.5, 0.6) is 0 Å². The molecule has 0 amide bonds. The molecule has 0 saturated heterocycles. The standard InChI is InChI=1S/C3H4O3.Y/c1-3(5)6-2-4;/h2,4H,1H2;/q-2;. The molecule has 0 aromatic heterocycles. The van der Waals surface area contributed by atoms with Crippen molar-refractivity contribution in [2.75, 3.05) is 0 Å². The van der Waals surface area contributed by atoms with Crippen LogP contribution in [0.4, 0.5) is 0 Å². The van der Waals surface area contributed by atoms with Gasteiger partial charge in [0.15, 0.2) is 0 Å². The molecule has 0 bridgehead atoms. The first kappa shape index (κ1) is 10.4. The number of carbonyl (C=O) groups excluding carboxylic acids is 1. The molecule has 0 aromatic rings. The number of aliphatic hydroxyl groups is 1. The number of hydrogen-bond donors (Lipinski definition) is 1. The fourth-order valence-electron chi connectivity index (χ4n) is 0.0588. The van der Waals surface area contributed by atoms with E-state index in [-0.39, 0.29) is 39.5 Å². The van der Waals surface area contributed by atoms with Crippen molar-refractivity contribution in [2.24, 2.45) is 0 Å². The molecule has 0 aromatic carbocycles. The largest absolute Gasteiger partial charge is 0.632 e. The summed E-state index contributed by atoms with van der Waals surface area (Å²) in [6, 6.07) is 0. The first-order valence-corrected chi connectivity index (χ1v) is 1.26. The quantitative estimate of drug-likeness (QED) is 0.447. The average Bonchev–Trinajstić information content (AvgIpc) is 1.35. The summed E-state index contributed by atoms with van der Waals surface area (Å²) in [5.74, 6) is -0.766. The zero-order chi connectivity index (χ0) is 4.99. The van der Waals surface area contributed by atoms with Crippen LogP contribution < -0.4 is 0 Å². The fourth-order valence-corrected chi connectivity index (χ4v) is 0.0588. The predicted molar refractivity (Wildman–Crippen MR) is 17.7 cm³/mol. The minimum Gasteiger partial charge on any atom is -0.632 e. The van der Waals surface area contributed by atoms with Crippen LogP contribution in [0.1, 0.15) is 0 Å². The zero-order valence-electron chi connectivity index (χ0n) is 3.63. The van der Waals surface area contributed by atoms with Gasteiger partial charge < -0.3 is 16.8 Å². The summed E-state index contributed by atoms with van der Waals surface area (Å²) in [4.78, 5) is 9.52. The van der Waals surface area contributed by atoms with Gasteiger partial charge in [0.05, 0.1) is 0 Å². The molecule has 0 aliphatic rings. The molecule has 0 fully saturated rings. The van der Waals surface area contributed by atoms with Crippen molar-refractivity contribution in [2.45, 2.75) is 0 Å². The van der Waals surface area contributed by atoms with E-state index < -0.39 is 5.97 Å². The molecule has 0 aliphatic heterocycles. The van der Waals surface area contributed by atoms with Crippen molar-refractivity contribution in [1.82, 2.24) is 0 Å². The summed E-state index contributed by atoms with van der Waals surface area (Å²) < 4.78 is 3.72. The number of ether oxygens (including phenoxy) is 1. The molecule has 39 valence electrons. The Morgan fingerprint density at radius 3 is 2.29 bits per heavy atom. The van der Waals surface area contributed by atoms with Crippen LogP contribution in [0.15, 0.2) is 0 Å². The third-order valence-electron chi connectivity index (χ3n) is 0.184. The molecule has 0 atom stereocenters. The van der Waals surface area contributed by atoms with Crippen molar-refractivity contribution in [1.29, 1.82) is 0 Å². The zero-order valence-corrected chi connectivity index (χ0v) is 6.46. The minimum atomic E-state index is -0.766. The smallest absolute Gasteiger partial charge is 0.133 e. The van der Waals surface area contributed by atoms with Crippen molar-refractivity contribution in [3.63, 3.8) is 0 Å². The monoisotopic (exact) mass is 177 g/mol. The van der Waals surface area contributed by atoms with E-state index in [1.54, 1.807) is 0 Å². The van der Waals surface area contributed by atoms with Crippen LogP contribution >= 0.6 is 0 Å². The fraction of sp³-hybridized carbons (Fsp3) is 0. The van der Waals surface area contributed by atoms with Gasteiger partial charge in [0, 0.05) is 32.7 Å². The molecule has 1 N–H and O–H groups in total. The summed E-state index contributed by atoms with van der Waals surface area (Å²) in [5, 5.41) is 7.63. The Labute approximate surface area is 66.9 Å². The summed E-state index contributed by atoms with van der Waals surface area (Å²) in [6.45, 7) is 3.06. The van der Waals surface area contributed by atoms with E-state index in [1.165, 1.54) is 0 Å². The van der Waals surface area contributed by atoms with Gasteiger partial charge in [-0.3, -0.25) is 4.79 Å². The molecule has 0 saturated carbocycles. The van der Waals surface area contributed by atoms with E-state index in [2.05, 4.69) is 11.7 Å². The molecule has 7 heavy (non-hydrogen) atoms. The summed E-state index contributed by atoms with van der Waals surface area (Å²) in [7, 11) is 0. The number of aliphatic hydroxyl groups excluding tert-OH is 1. The topological polar surface area (TPSA) is 46.5 Å². The second-order valence-electron chi connectivity index (χ2n) is 0.595. The van der Waals surface area contributed by atoms with Crippen LogP contribution in [0.2, 0.25) is 0 Å². The average molecular weight is 177 g/mol. The third kappa shape index (κ3) is 10.7. The van der Waals surface area contributed by atoms with Gasteiger partial charge in [-0.1, -0.05) is 0 Å². The Hall–Kier alpha value is 0.404. The van der Waals surface area contributed by atoms with Gasteiger partial charge in [0.1, 0.15) is 5.97 Å². The molecule has 0 unspecified atom stereocenters. The molecule has 0 heterocycles. The van der Waals surface area contributed by atoms with Crippen molar-refractivity contribution >= 4 is 5.97 Å². The van der Waals surface area contributed by atoms with Crippen molar-refractivity contribution in [3.8, 4) is 0 Å². The molecular weight excluding hydrogens is 173 g/mol. The normalized spacial score (nSPS) is 6.43. The van der Waals surface area contributed by atoms with Crippen molar-refractivity contribution in [3.05, 3.63) is 13.7 Å². The van der Waals surface area contributed by atoms with E-state index in [4.69, 9.17) is 5.11 Å². The van der Waals surface area contributed by atoms with E-state index in [9.17, 15) is 4.79 Å². The van der Waals surface area contributed by atoms with E-state index in [0.29, 0.717) is 0 Å². The van der Waals surface area contributed by atoms with E-state index >= 15 is 0 Å². The maximum atomic E-state index is 9.52.